The molecule has 0 fully saturated rings. The Balaban J connectivity index is 1.14. The lowest BCUT2D eigenvalue weighted by Gasteiger charge is -2.40. The zero-order valence-corrected chi connectivity index (χ0v) is 35.2. The monoisotopic (exact) mass is 778 g/mol. The van der Waals surface area contributed by atoms with Gasteiger partial charge in [0, 0.05) is 27.7 Å². The normalized spacial score (nSPS) is 14.3. The van der Waals surface area contributed by atoms with Crippen LogP contribution in [0.1, 0.15) is 70.7 Å². The molecule has 1 aliphatic rings. The average molecular weight is 779 g/mol. The molecule has 0 amide bonds. The van der Waals surface area contributed by atoms with Gasteiger partial charge in [0.05, 0.1) is 42.5 Å². The molecule has 0 aliphatic carbocycles. The van der Waals surface area contributed by atoms with Gasteiger partial charge in [0.1, 0.15) is 19.3 Å². The third kappa shape index (κ3) is 4.93. The van der Waals surface area contributed by atoms with Crippen molar-refractivity contribution in [1.82, 2.24) is 18.8 Å². The second-order valence-corrected chi connectivity index (χ2v) is 20.0. The summed E-state index contributed by atoms with van der Waals surface area (Å²) in [5.74, 6) is 1.92. The van der Waals surface area contributed by atoms with Gasteiger partial charge >= 0.3 is 0 Å². The van der Waals surface area contributed by atoms with Crippen LogP contribution in [0.3, 0.4) is 0 Å². The van der Waals surface area contributed by atoms with Gasteiger partial charge in [-0.15, -0.1) is 0 Å². The fourth-order valence-electron chi connectivity index (χ4n) is 9.36. The molecular weight excluding hydrogens is 736 g/mol. The number of benzene rings is 6. The Labute approximate surface area is 341 Å². The summed E-state index contributed by atoms with van der Waals surface area (Å²) >= 11 is 3.56. The van der Waals surface area contributed by atoms with E-state index < -0.39 is 0 Å². The van der Waals surface area contributed by atoms with E-state index in [4.69, 9.17) is 14.7 Å². The van der Waals surface area contributed by atoms with E-state index >= 15 is 0 Å². The van der Waals surface area contributed by atoms with Crippen LogP contribution in [0.15, 0.2) is 109 Å². The summed E-state index contributed by atoms with van der Waals surface area (Å²) in [7, 11) is 2.33. The molecule has 8 heteroatoms. The van der Waals surface area contributed by atoms with Crippen molar-refractivity contribution in [2.75, 3.05) is 0 Å². The number of ether oxygens (including phenoxy) is 1. The van der Waals surface area contributed by atoms with E-state index in [0.29, 0.717) is 0 Å². The smallest absolute Gasteiger partial charge is 0.195 e. The van der Waals surface area contributed by atoms with Crippen LogP contribution in [0.2, 0.25) is 6.32 Å². The summed E-state index contributed by atoms with van der Waals surface area (Å²) in [4.78, 5) is 12.1. The number of para-hydroxylation sites is 4. The van der Waals surface area contributed by atoms with Gasteiger partial charge in [-0.1, -0.05) is 126 Å². The quantitative estimate of drug-likeness (QED) is 0.168. The molecule has 1 aliphatic heterocycles. The van der Waals surface area contributed by atoms with Crippen LogP contribution < -0.4 is 4.74 Å². The van der Waals surface area contributed by atoms with E-state index in [9.17, 15) is 0 Å². The maximum absolute atomic E-state index is 7.15. The van der Waals surface area contributed by atoms with E-state index in [-0.39, 0.29) is 16.2 Å². The molecule has 57 heavy (non-hydrogen) atoms. The summed E-state index contributed by atoms with van der Waals surface area (Å²) < 4.78 is 14.3. The molecule has 0 N–H and O–H groups in total. The number of hydrogen-bond donors (Lipinski definition) is 0. The number of aromatic nitrogens is 4. The van der Waals surface area contributed by atoms with Crippen molar-refractivity contribution >= 4 is 82.9 Å². The highest BCUT2D eigenvalue weighted by molar-refractivity contribution is 7.24. The number of fused-ring (bicyclic) bond motifs is 12. The van der Waals surface area contributed by atoms with Crippen molar-refractivity contribution in [2.45, 2.75) is 71.0 Å². The van der Waals surface area contributed by atoms with Crippen molar-refractivity contribution in [2.24, 2.45) is 0 Å². The third-order valence-corrected chi connectivity index (χ3v) is 14.6. The molecule has 0 spiro atoms. The Morgan fingerprint density at radius 2 is 0.982 bits per heavy atom. The largest absolute Gasteiger partial charge is 0.457 e. The predicted octanol–water partition coefficient (Wildman–Crippen LogP) is 13.1. The highest BCUT2D eigenvalue weighted by Gasteiger charge is 2.40. The Morgan fingerprint density at radius 3 is 1.40 bits per heavy atom. The van der Waals surface area contributed by atoms with Crippen molar-refractivity contribution in [1.29, 1.82) is 0 Å². The SMILES string of the molecule is BCC1(C)c2cc(-c3cccc4c3sc3nc5ccccc5n34)c(C(C)(C)C)cc2Oc2cc(C(C)(C)C)c(-c3cccc4c3sc3nc5ccccc5n34)cc21. The summed E-state index contributed by atoms with van der Waals surface area (Å²) in [6.07, 6.45) is 0.922. The zero-order chi connectivity index (χ0) is 39.2. The van der Waals surface area contributed by atoms with Crippen LogP contribution in [0.25, 0.3) is 74.7 Å². The lowest BCUT2D eigenvalue weighted by molar-refractivity contribution is 0.413. The maximum atomic E-state index is 7.15. The van der Waals surface area contributed by atoms with E-state index in [2.05, 4.69) is 174 Å². The molecule has 0 atom stereocenters. The van der Waals surface area contributed by atoms with Crippen molar-refractivity contribution in [3.8, 4) is 33.8 Å². The van der Waals surface area contributed by atoms with E-state index in [1.54, 1.807) is 22.7 Å². The fourth-order valence-corrected chi connectivity index (χ4v) is 11.7. The summed E-state index contributed by atoms with van der Waals surface area (Å²) in [6, 6.07) is 40.0. The van der Waals surface area contributed by atoms with Gasteiger partial charge in [-0.05, 0) is 93.7 Å². The van der Waals surface area contributed by atoms with Gasteiger partial charge in [0.2, 0.25) is 0 Å². The van der Waals surface area contributed by atoms with E-state index in [0.717, 1.165) is 49.8 Å². The van der Waals surface area contributed by atoms with Crippen LogP contribution >= 0.6 is 22.7 Å². The number of hydrogen-bond acceptors (Lipinski definition) is 5. The molecule has 0 radical (unpaired) electrons. The molecule has 6 aromatic carbocycles. The molecule has 0 saturated heterocycles. The van der Waals surface area contributed by atoms with Crippen LogP contribution in [-0.2, 0) is 16.2 Å². The highest BCUT2D eigenvalue weighted by Crippen LogP contribution is 2.56. The Kier molecular flexibility index (Phi) is 7.21. The number of thiazole rings is 2. The van der Waals surface area contributed by atoms with Gasteiger partial charge in [0.25, 0.3) is 0 Å². The maximum Gasteiger partial charge on any atom is 0.195 e. The predicted molar refractivity (Wildman–Crippen MR) is 244 cm³/mol. The minimum atomic E-state index is -0.304. The van der Waals surface area contributed by atoms with Gasteiger partial charge < -0.3 is 4.74 Å². The minimum absolute atomic E-state index is 0.131. The third-order valence-electron chi connectivity index (χ3n) is 12.5. The first kappa shape index (κ1) is 34.8. The Bertz CT molecular complexity index is 3100. The van der Waals surface area contributed by atoms with E-state index in [1.165, 1.54) is 64.9 Å². The second-order valence-electron chi connectivity index (χ2n) is 18.0. The van der Waals surface area contributed by atoms with Gasteiger partial charge in [-0.25, -0.2) is 9.97 Å². The molecule has 10 aromatic rings. The topological polar surface area (TPSA) is 43.8 Å². The molecule has 0 saturated carbocycles. The molecule has 280 valence electrons. The van der Waals surface area contributed by atoms with Gasteiger partial charge in [-0.2, -0.15) is 0 Å². The molecular formula is C49H43BN4OS2. The first-order valence-electron chi connectivity index (χ1n) is 20.0. The van der Waals surface area contributed by atoms with Crippen molar-refractivity contribution in [3.05, 3.63) is 131 Å². The minimum Gasteiger partial charge on any atom is -0.457 e. The van der Waals surface area contributed by atoms with E-state index in [1.807, 2.05) is 0 Å². The molecule has 5 heterocycles. The first-order valence-corrected chi connectivity index (χ1v) is 21.6. The van der Waals surface area contributed by atoms with Crippen molar-refractivity contribution < 1.29 is 4.74 Å². The summed E-state index contributed by atoms with van der Waals surface area (Å²) in [5, 5.41) is 0. The lowest BCUT2D eigenvalue weighted by atomic mass is 9.64. The first-order chi connectivity index (χ1) is 27.3. The zero-order valence-electron chi connectivity index (χ0n) is 33.6. The number of nitrogens with zero attached hydrogens (tertiary/aromatic N) is 4. The molecule has 0 bridgehead atoms. The molecule has 11 rings (SSSR count). The standard InChI is InChI=1S/C49H43BN4OS2/c1-47(2,3)31-24-41-33(22-29(31)27-14-12-20-39-43(27)56-45-51-35-16-8-10-18-37(35)53(39)45)49(7,26-50)34-23-30(32(48(4,5)6)25-42(34)55-41)28-15-13-21-40-44(28)57-46-52-36-17-9-11-19-38(36)54(40)46/h8-25H,26,50H2,1-7H3. The molecule has 0 unspecified atom stereocenters. The Morgan fingerprint density at radius 1 is 0.561 bits per heavy atom. The molecule has 4 aromatic heterocycles. The average Bonchev–Trinajstić information content (AvgIpc) is 3.94. The van der Waals surface area contributed by atoms with Crippen LogP contribution in [0, 0.1) is 0 Å². The van der Waals surface area contributed by atoms with Gasteiger partial charge in [-0.3, -0.25) is 8.80 Å². The summed E-state index contributed by atoms with van der Waals surface area (Å²) in [6.45, 7) is 16.3. The van der Waals surface area contributed by atoms with Crippen LogP contribution in [-0.4, -0.2) is 26.6 Å². The molecule has 5 nitrogen and oxygen atoms in total. The summed E-state index contributed by atoms with van der Waals surface area (Å²) in [5.41, 5.74) is 16.2. The lowest BCUT2D eigenvalue weighted by Crippen LogP contribution is -2.29. The Hall–Kier alpha value is -5.44. The van der Waals surface area contributed by atoms with Crippen LogP contribution in [0.4, 0.5) is 0 Å². The van der Waals surface area contributed by atoms with Crippen LogP contribution in [0.5, 0.6) is 11.5 Å². The number of rotatable bonds is 3. The van der Waals surface area contributed by atoms with Gasteiger partial charge in [0.15, 0.2) is 9.92 Å². The fraction of sp³-hybridized carbons (Fsp3) is 0.224. The highest BCUT2D eigenvalue weighted by atomic mass is 32.1. The van der Waals surface area contributed by atoms with Crippen molar-refractivity contribution in [3.63, 3.8) is 0 Å². The second kappa shape index (κ2) is 11.8. The number of imidazole rings is 2.